The maximum absolute atomic E-state index is 13.0. The third kappa shape index (κ3) is 2.85. The van der Waals surface area contributed by atoms with Gasteiger partial charge in [0.25, 0.3) is 5.91 Å². The zero-order valence-electron chi connectivity index (χ0n) is 10.4. The molecule has 0 radical (unpaired) electrons. The second-order valence-electron chi connectivity index (χ2n) is 4.18. The van der Waals surface area contributed by atoms with Crippen LogP contribution in [0.5, 0.6) is 0 Å². The Labute approximate surface area is 133 Å². The van der Waals surface area contributed by atoms with Crippen LogP contribution in [0.4, 0.5) is 9.52 Å². The van der Waals surface area contributed by atoms with Crippen molar-refractivity contribution in [1.82, 2.24) is 4.98 Å². The number of benzene rings is 2. The average Bonchev–Trinajstić information content (AvgIpc) is 2.82. The monoisotopic (exact) mass is 340 g/mol. The summed E-state index contributed by atoms with van der Waals surface area (Å²) in [4.78, 5) is 16.4. The van der Waals surface area contributed by atoms with Crippen molar-refractivity contribution in [2.45, 2.75) is 0 Å². The van der Waals surface area contributed by atoms with Gasteiger partial charge in [-0.25, -0.2) is 9.37 Å². The molecule has 3 nitrogen and oxygen atoms in total. The van der Waals surface area contributed by atoms with E-state index in [9.17, 15) is 9.18 Å². The molecule has 3 rings (SSSR count). The van der Waals surface area contributed by atoms with Crippen LogP contribution in [0.1, 0.15) is 10.4 Å². The predicted molar refractivity (Wildman–Crippen MR) is 84.0 cm³/mol. The molecule has 0 bridgehead atoms. The number of carbonyl (C=O) groups is 1. The summed E-state index contributed by atoms with van der Waals surface area (Å²) in [7, 11) is 0. The van der Waals surface area contributed by atoms with Crippen LogP contribution in [0.3, 0.4) is 0 Å². The molecule has 0 aliphatic rings. The fourth-order valence-electron chi connectivity index (χ4n) is 1.81. The molecule has 0 saturated heterocycles. The van der Waals surface area contributed by atoms with Crippen molar-refractivity contribution in [3.8, 4) is 0 Å². The van der Waals surface area contributed by atoms with Gasteiger partial charge in [0.1, 0.15) is 11.3 Å². The van der Waals surface area contributed by atoms with E-state index in [1.165, 1.54) is 23.5 Å². The van der Waals surface area contributed by atoms with Gasteiger partial charge >= 0.3 is 0 Å². The van der Waals surface area contributed by atoms with Crippen molar-refractivity contribution < 1.29 is 9.18 Å². The highest BCUT2D eigenvalue weighted by Gasteiger charge is 2.14. The van der Waals surface area contributed by atoms with Crippen molar-refractivity contribution in [2.75, 3.05) is 5.32 Å². The van der Waals surface area contributed by atoms with Gasteiger partial charge in [-0.2, -0.15) is 0 Å². The lowest BCUT2D eigenvalue weighted by Crippen LogP contribution is -2.12. The van der Waals surface area contributed by atoms with Gasteiger partial charge in [-0.1, -0.05) is 40.6 Å². The highest BCUT2D eigenvalue weighted by Crippen LogP contribution is 2.31. The van der Waals surface area contributed by atoms with Gasteiger partial charge in [-0.15, -0.1) is 0 Å². The van der Waals surface area contributed by atoms with Crippen LogP contribution in [-0.4, -0.2) is 10.9 Å². The SMILES string of the molecule is O=C(Nc1nc2c(Cl)cccc2s1)c1ccc(F)cc1Cl. The molecule has 0 unspecified atom stereocenters. The number of para-hydroxylation sites is 1. The first-order valence-electron chi connectivity index (χ1n) is 5.86. The van der Waals surface area contributed by atoms with E-state index < -0.39 is 11.7 Å². The molecule has 1 amide bonds. The summed E-state index contributed by atoms with van der Waals surface area (Å²) in [5.41, 5.74) is 0.813. The molecule has 0 atom stereocenters. The maximum atomic E-state index is 13.0. The standard InChI is InChI=1S/C14H7Cl2FN2OS/c15-9-2-1-3-11-12(9)18-14(21-11)19-13(20)8-5-4-7(17)6-10(8)16/h1-6H,(H,18,19,20). The quantitative estimate of drug-likeness (QED) is 0.713. The van der Waals surface area contributed by atoms with Gasteiger partial charge in [0, 0.05) is 0 Å². The number of anilines is 1. The van der Waals surface area contributed by atoms with E-state index in [1.807, 2.05) is 12.1 Å². The minimum Gasteiger partial charge on any atom is -0.298 e. The molecule has 2 aromatic carbocycles. The molecule has 0 aliphatic heterocycles. The molecule has 0 aliphatic carbocycles. The Morgan fingerprint density at radius 2 is 2.00 bits per heavy atom. The van der Waals surface area contributed by atoms with Gasteiger partial charge < -0.3 is 0 Å². The molecule has 1 aromatic heterocycles. The predicted octanol–water partition coefficient (Wildman–Crippen LogP) is 4.99. The summed E-state index contributed by atoms with van der Waals surface area (Å²) in [6, 6.07) is 8.99. The van der Waals surface area contributed by atoms with Gasteiger partial charge in [0.2, 0.25) is 0 Å². The van der Waals surface area contributed by atoms with Crippen LogP contribution >= 0.6 is 34.5 Å². The molecule has 7 heteroatoms. The third-order valence-electron chi connectivity index (χ3n) is 2.77. The van der Waals surface area contributed by atoms with E-state index in [-0.39, 0.29) is 10.6 Å². The fourth-order valence-corrected chi connectivity index (χ4v) is 3.22. The van der Waals surface area contributed by atoms with Crippen molar-refractivity contribution in [1.29, 1.82) is 0 Å². The van der Waals surface area contributed by atoms with Crippen molar-refractivity contribution in [3.05, 3.63) is 57.8 Å². The highest BCUT2D eigenvalue weighted by molar-refractivity contribution is 7.22. The number of nitrogens with zero attached hydrogens (tertiary/aromatic N) is 1. The van der Waals surface area contributed by atoms with Crippen LogP contribution in [0.2, 0.25) is 10.0 Å². The minimum absolute atomic E-state index is 0.0478. The normalized spacial score (nSPS) is 10.8. The lowest BCUT2D eigenvalue weighted by atomic mass is 10.2. The van der Waals surface area contributed by atoms with Gasteiger partial charge in [0.05, 0.1) is 20.3 Å². The molecular weight excluding hydrogens is 334 g/mol. The van der Waals surface area contributed by atoms with E-state index in [0.29, 0.717) is 15.7 Å². The number of aromatic nitrogens is 1. The average molecular weight is 341 g/mol. The number of thiazole rings is 1. The third-order valence-corrected chi connectivity index (χ3v) is 4.32. The first-order valence-corrected chi connectivity index (χ1v) is 7.43. The second-order valence-corrected chi connectivity index (χ2v) is 6.03. The Morgan fingerprint density at radius 1 is 1.19 bits per heavy atom. The summed E-state index contributed by atoms with van der Waals surface area (Å²) < 4.78 is 13.8. The Morgan fingerprint density at radius 3 is 2.71 bits per heavy atom. The van der Waals surface area contributed by atoms with Crippen molar-refractivity contribution >= 4 is 55.8 Å². The topological polar surface area (TPSA) is 42.0 Å². The molecule has 0 spiro atoms. The molecule has 3 aromatic rings. The zero-order valence-corrected chi connectivity index (χ0v) is 12.7. The van der Waals surface area contributed by atoms with Crippen LogP contribution < -0.4 is 5.32 Å². The van der Waals surface area contributed by atoms with Crippen LogP contribution in [0, 0.1) is 5.82 Å². The smallest absolute Gasteiger partial charge is 0.258 e. The van der Waals surface area contributed by atoms with Gasteiger partial charge in [-0.05, 0) is 30.3 Å². The Balaban J connectivity index is 1.91. The zero-order chi connectivity index (χ0) is 15.0. The fraction of sp³-hybridized carbons (Fsp3) is 0. The molecule has 0 saturated carbocycles. The number of halogens is 3. The largest absolute Gasteiger partial charge is 0.298 e. The summed E-state index contributed by atoms with van der Waals surface area (Å²) in [6.45, 7) is 0. The first-order chi connectivity index (χ1) is 10.0. The van der Waals surface area contributed by atoms with Crippen LogP contribution in [0.25, 0.3) is 10.2 Å². The Bertz CT molecular complexity index is 850. The maximum Gasteiger partial charge on any atom is 0.258 e. The number of carbonyl (C=O) groups excluding carboxylic acids is 1. The van der Waals surface area contributed by atoms with E-state index in [1.54, 1.807) is 6.07 Å². The number of rotatable bonds is 2. The Kier molecular flexibility index (Phi) is 3.80. The summed E-state index contributed by atoms with van der Waals surface area (Å²) >= 11 is 13.2. The van der Waals surface area contributed by atoms with Crippen molar-refractivity contribution in [2.24, 2.45) is 0 Å². The lowest BCUT2D eigenvalue weighted by molar-refractivity contribution is 0.102. The molecule has 1 N–H and O–H groups in total. The number of amides is 1. The van der Waals surface area contributed by atoms with Crippen LogP contribution in [0.15, 0.2) is 36.4 Å². The van der Waals surface area contributed by atoms with Crippen molar-refractivity contribution in [3.63, 3.8) is 0 Å². The van der Waals surface area contributed by atoms with E-state index >= 15 is 0 Å². The number of hydrogen-bond donors (Lipinski definition) is 1. The van der Waals surface area contributed by atoms with Gasteiger partial charge in [-0.3, -0.25) is 10.1 Å². The molecule has 0 fully saturated rings. The summed E-state index contributed by atoms with van der Waals surface area (Å²) in [6.07, 6.45) is 0. The van der Waals surface area contributed by atoms with E-state index in [4.69, 9.17) is 23.2 Å². The summed E-state index contributed by atoms with van der Waals surface area (Å²) in [5, 5.41) is 3.61. The summed E-state index contributed by atoms with van der Waals surface area (Å²) in [5.74, 6) is -0.946. The molecular formula is C14H7Cl2FN2OS. The number of fused-ring (bicyclic) bond motifs is 1. The highest BCUT2D eigenvalue weighted by atomic mass is 35.5. The number of nitrogens with one attached hydrogen (secondary N) is 1. The van der Waals surface area contributed by atoms with E-state index in [0.717, 1.165) is 10.8 Å². The minimum atomic E-state index is -0.497. The van der Waals surface area contributed by atoms with Crippen LogP contribution in [-0.2, 0) is 0 Å². The Hall–Kier alpha value is -1.69. The molecule has 21 heavy (non-hydrogen) atoms. The molecule has 106 valence electrons. The van der Waals surface area contributed by atoms with E-state index in [2.05, 4.69) is 10.3 Å². The lowest BCUT2D eigenvalue weighted by Gasteiger charge is -2.03. The molecule has 1 heterocycles. The van der Waals surface area contributed by atoms with Gasteiger partial charge in [0.15, 0.2) is 5.13 Å². The number of hydrogen-bond acceptors (Lipinski definition) is 3. The first kappa shape index (κ1) is 14.3. The second kappa shape index (κ2) is 5.60.